The first-order valence-electron chi connectivity index (χ1n) is 27.7. The van der Waals surface area contributed by atoms with Crippen LogP contribution in [0.1, 0.15) is 112 Å². The van der Waals surface area contributed by atoms with Crippen LogP contribution in [-0.4, -0.2) is 193 Å². The second-order valence-corrected chi connectivity index (χ2v) is 25.8. The van der Waals surface area contributed by atoms with Gasteiger partial charge in [-0.2, -0.15) is 0 Å². The van der Waals surface area contributed by atoms with Gasteiger partial charge in [-0.25, -0.2) is 9.59 Å². The molecule has 3 heterocycles. The molecule has 2 unspecified atom stereocenters. The molecule has 8 aliphatic rings. The van der Waals surface area contributed by atoms with Crippen LogP contribution >= 0.6 is 0 Å². The van der Waals surface area contributed by atoms with Gasteiger partial charge in [-0.1, -0.05) is 66.2 Å². The highest BCUT2D eigenvalue weighted by atomic mass is 16.7. The van der Waals surface area contributed by atoms with Crippen molar-refractivity contribution in [1.29, 1.82) is 0 Å². The average Bonchev–Trinajstić information content (AvgIpc) is 3.54. The average molecular weight is 1120 g/mol. The predicted octanol–water partition coefficient (Wildman–Crippen LogP) is 1.47. The number of allylic oxidation sites excluding steroid dienone is 2. The van der Waals surface area contributed by atoms with Crippen molar-refractivity contribution in [1.82, 2.24) is 0 Å². The number of fused-ring (bicyclic) bond motifs is 7. The number of hydrogen-bond acceptors (Lipinski definition) is 21. The molecule has 0 spiro atoms. The Balaban J connectivity index is 0.922. The number of ether oxygens (including phenoxy) is 8. The number of esters is 2. The highest BCUT2D eigenvalue weighted by molar-refractivity contribution is 5.87. The smallest absolute Gasteiger partial charge is 0.335 e. The number of aliphatic hydroxyl groups excluding tert-OH is 10. The van der Waals surface area contributed by atoms with Gasteiger partial charge < -0.3 is 94.1 Å². The Morgan fingerprint density at radius 1 is 0.734 bits per heavy atom. The standard InChI is InChI=1S/C57H82O22/c1-52(2)19-20-57(51(71)79-50-46(38(62)29(59)25-73-50)77-37(61)14-10-26-9-12-30(31(21-26)72-8)74-48-43(67)40(64)39(63)32(24-58)75-48)28(22-52)27-11-13-34-54(5)17-16-36(76-49-44(68)41(65)42(66)45(78-49)47(69)70)53(3,4)33(54)15-18-55(34,6)56(27,7)23-35(57)60/h9-12,14,21,28-29,32-36,38-46,48-50,58-60,62-68H,13,15-20,22-25H2,1-8H3,(H,69,70)/b14-10+/t28-,29-,32+,33?,34?,35+,36-,38-,39+,40-,41-,42-,43+,44+,45-,46+,48+,49+,50-,54-,55+,56+,57+/m0/s1. The predicted molar refractivity (Wildman–Crippen MR) is 274 cm³/mol. The normalized spacial score (nSPS) is 46.3. The maximum absolute atomic E-state index is 15.2. The van der Waals surface area contributed by atoms with Crippen LogP contribution in [0.4, 0.5) is 0 Å². The van der Waals surface area contributed by atoms with Crippen molar-refractivity contribution in [2.75, 3.05) is 20.3 Å². The summed E-state index contributed by atoms with van der Waals surface area (Å²) in [5.74, 6) is -3.35. The zero-order chi connectivity index (χ0) is 57.7. The Kier molecular flexibility index (Phi) is 16.4. The van der Waals surface area contributed by atoms with Crippen molar-refractivity contribution in [2.24, 2.45) is 50.2 Å². The molecule has 23 atom stereocenters. The van der Waals surface area contributed by atoms with E-state index in [1.807, 2.05) is 0 Å². The van der Waals surface area contributed by atoms with Crippen molar-refractivity contribution in [2.45, 2.75) is 204 Å². The maximum atomic E-state index is 15.2. The van der Waals surface area contributed by atoms with Gasteiger partial charge in [-0.3, -0.25) is 4.79 Å². The van der Waals surface area contributed by atoms with E-state index < -0.39 is 152 Å². The molecule has 0 radical (unpaired) electrons. The summed E-state index contributed by atoms with van der Waals surface area (Å²) in [5, 5.41) is 117. The lowest BCUT2D eigenvalue weighted by Gasteiger charge is -2.71. The molecule has 79 heavy (non-hydrogen) atoms. The molecule has 442 valence electrons. The molecule has 11 N–H and O–H groups in total. The summed E-state index contributed by atoms with van der Waals surface area (Å²) in [6.07, 6.45) is -14.7. The zero-order valence-electron chi connectivity index (χ0n) is 46.1. The maximum Gasteiger partial charge on any atom is 0.335 e. The van der Waals surface area contributed by atoms with E-state index in [-0.39, 0.29) is 52.4 Å². The third-order valence-corrected chi connectivity index (χ3v) is 20.7. The fraction of sp³-hybridized carbons (Fsp3) is 0.772. The topological polar surface area (TPSA) is 348 Å². The molecule has 4 saturated carbocycles. The van der Waals surface area contributed by atoms with E-state index in [0.29, 0.717) is 31.2 Å². The van der Waals surface area contributed by atoms with E-state index in [1.54, 1.807) is 0 Å². The SMILES string of the molecule is COc1cc(/C=C/C(=O)O[C@H]2[C@H](OC(=O)[C@]34CCC(C)(C)C[C@H]3C3=CCC5[C@@]6(C)CC[C@H](O[C@@H]7O[C@H](C(=O)O)[C@@H](O)[C@H](O)[C@H]7O)C(C)(C)C6CC[C@@]5(C)[C@]3(C)C[C@H]4O)OC[C@H](O)[C@@H]2O)ccc1O[C@@H]1O[C@H](CO)[C@@H](O)[C@H](O)[C@H]1O. The number of carbonyl (C=O) groups excluding carboxylic acids is 2. The Morgan fingerprint density at radius 3 is 2.11 bits per heavy atom. The summed E-state index contributed by atoms with van der Waals surface area (Å²) < 4.78 is 46.4. The van der Waals surface area contributed by atoms with Gasteiger partial charge in [0.15, 0.2) is 30.0 Å². The second-order valence-electron chi connectivity index (χ2n) is 25.8. The van der Waals surface area contributed by atoms with E-state index in [1.165, 1.54) is 31.4 Å². The molecule has 3 saturated heterocycles. The molecular formula is C57H82O22. The first kappa shape index (κ1) is 59.8. The Morgan fingerprint density at radius 2 is 1.43 bits per heavy atom. The Hall–Kier alpha value is -3.85. The summed E-state index contributed by atoms with van der Waals surface area (Å²) in [6.45, 7) is 14.3. The van der Waals surface area contributed by atoms with Crippen molar-refractivity contribution >= 4 is 24.0 Å². The van der Waals surface area contributed by atoms with E-state index in [2.05, 4.69) is 54.5 Å². The largest absolute Gasteiger partial charge is 0.493 e. The summed E-state index contributed by atoms with van der Waals surface area (Å²) in [7, 11) is 1.34. The van der Waals surface area contributed by atoms with Crippen LogP contribution in [0.5, 0.6) is 11.5 Å². The molecule has 7 fully saturated rings. The van der Waals surface area contributed by atoms with Crippen LogP contribution in [0.15, 0.2) is 35.9 Å². The van der Waals surface area contributed by atoms with Gasteiger partial charge in [-0.05, 0) is 126 Å². The lowest BCUT2D eigenvalue weighted by atomic mass is 9.33. The van der Waals surface area contributed by atoms with Crippen LogP contribution in [0.3, 0.4) is 0 Å². The minimum Gasteiger partial charge on any atom is -0.493 e. The van der Waals surface area contributed by atoms with Crippen molar-refractivity contribution in [3.8, 4) is 11.5 Å². The van der Waals surface area contributed by atoms with E-state index in [4.69, 9.17) is 37.9 Å². The Bertz CT molecular complexity index is 2500. The molecular weight excluding hydrogens is 1040 g/mol. The van der Waals surface area contributed by atoms with Crippen LogP contribution in [0, 0.1) is 50.2 Å². The molecule has 22 heteroatoms. The lowest BCUT2D eigenvalue weighted by molar-refractivity contribution is -0.324. The highest BCUT2D eigenvalue weighted by Crippen LogP contribution is 2.76. The van der Waals surface area contributed by atoms with Gasteiger partial charge in [0.1, 0.15) is 60.4 Å². The fourth-order valence-electron chi connectivity index (χ4n) is 16.0. The van der Waals surface area contributed by atoms with Gasteiger partial charge in [0.25, 0.3) is 0 Å². The third-order valence-electron chi connectivity index (χ3n) is 20.7. The summed E-state index contributed by atoms with van der Waals surface area (Å²) in [6, 6.07) is 4.41. The second kappa shape index (κ2) is 21.7. The van der Waals surface area contributed by atoms with E-state index >= 15 is 4.79 Å². The number of benzene rings is 1. The van der Waals surface area contributed by atoms with Gasteiger partial charge in [0, 0.05) is 6.08 Å². The monoisotopic (exact) mass is 1120 g/mol. The van der Waals surface area contributed by atoms with Gasteiger partial charge in [0.05, 0.1) is 32.5 Å². The number of carboxylic acids is 1. The van der Waals surface area contributed by atoms with Gasteiger partial charge in [-0.15, -0.1) is 0 Å². The molecule has 0 amide bonds. The number of hydrogen-bond donors (Lipinski definition) is 11. The number of aliphatic hydroxyl groups is 10. The molecule has 22 nitrogen and oxygen atoms in total. The molecule has 1 aromatic carbocycles. The molecule has 0 bridgehead atoms. The van der Waals surface area contributed by atoms with E-state index in [0.717, 1.165) is 30.9 Å². The first-order chi connectivity index (χ1) is 37.0. The minimum atomic E-state index is -1.84. The number of rotatable bonds is 12. The van der Waals surface area contributed by atoms with Crippen LogP contribution in [0.2, 0.25) is 0 Å². The number of aliphatic carboxylic acids is 1. The molecule has 3 aliphatic heterocycles. The van der Waals surface area contributed by atoms with Crippen molar-refractivity contribution < 1.29 is 108 Å². The first-order valence-corrected chi connectivity index (χ1v) is 27.7. The Labute approximate surface area is 459 Å². The third kappa shape index (κ3) is 10.0. The minimum absolute atomic E-state index is 0.0513. The van der Waals surface area contributed by atoms with Crippen LogP contribution < -0.4 is 9.47 Å². The van der Waals surface area contributed by atoms with Crippen molar-refractivity contribution in [3.63, 3.8) is 0 Å². The highest BCUT2D eigenvalue weighted by Gasteiger charge is 2.72. The fourth-order valence-corrected chi connectivity index (χ4v) is 16.0. The number of carboxylic acid groups (broad SMARTS) is 1. The number of methoxy groups -OCH3 is 1. The van der Waals surface area contributed by atoms with Crippen LogP contribution in [-0.2, 0) is 42.8 Å². The molecule has 9 rings (SSSR count). The van der Waals surface area contributed by atoms with E-state index in [9.17, 15) is 65.8 Å². The summed E-state index contributed by atoms with van der Waals surface area (Å²) in [5.41, 5.74) is -1.93. The quantitative estimate of drug-likeness (QED) is 0.0611. The van der Waals surface area contributed by atoms with Crippen LogP contribution in [0.25, 0.3) is 6.08 Å². The van der Waals surface area contributed by atoms with Gasteiger partial charge in [0.2, 0.25) is 12.6 Å². The lowest BCUT2D eigenvalue weighted by Crippen LogP contribution is -2.68. The molecule has 0 aromatic heterocycles. The molecule has 5 aliphatic carbocycles. The molecule has 1 aromatic rings. The summed E-state index contributed by atoms with van der Waals surface area (Å²) in [4.78, 5) is 40.7. The van der Waals surface area contributed by atoms with Crippen molar-refractivity contribution in [3.05, 3.63) is 41.5 Å². The summed E-state index contributed by atoms with van der Waals surface area (Å²) >= 11 is 0. The van der Waals surface area contributed by atoms with Gasteiger partial charge >= 0.3 is 17.9 Å². The number of carbonyl (C=O) groups is 3. The zero-order valence-corrected chi connectivity index (χ0v) is 46.1.